The Morgan fingerprint density at radius 2 is 1.96 bits per heavy atom. The minimum atomic E-state index is -0.339. The topological polar surface area (TPSA) is 83.4 Å². The van der Waals surface area contributed by atoms with Gasteiger partial charge in [0.25, 0.3) is 5.91 Å². The van der Waals surface area contributed by atoms with E-state index in [0.717, 1.165) is 17.1 Å². The molecule has 0 bridgehead atoms. The van der Waals surface area contributed by atoms with E-state index in [1.807, 2.05) is 33.8 Å². The van der Waals surface area contributed by atoms with Crippen LogP contribution in [0.4, 0.5) is 10.5 Å². The molecule has 1 aromatic heterocycles. The lowest BCUT2D eigenvalue weighted by molar-refractivity contribution is 0.0956. The third kappa shape index (κ3) is 4.38. The molecule has 24 heavy (non-hydrogen) atoms. The first-order chi connectivity index (χ1) is 11.4. The van der Waals surface area contributed by atoms with Gasteiger partial charge in [-0.2, -0.15) is 0 Å². The van der Waals surface area contributed by atoms with E-state index in [2.05, 4.69) is 16.0 Å². The number of urea groups is 1. The molecule has 0 aliphatic rings. The molecule has 0 aliphatic carbocycles. The highest BCUT2D eigenvalue weighted by Crippen LogP contribution is 2.21. The summed E-state index contributed by atoms with van der Waals surface area (Å²) >= 11 is 0. The lowest BCUT2D eigenvalue weighted by Gasteiger charge is -2.14. The quantitative estimate of drug-likeness (QED) is 0.784. The SMILES string of the molecule is CCNC(=O)c1cccc(NC(=O)N[C@H](C)c2cc(C)oc2C)c1. The first-order valence-corrected chi connectivity index (χ1v) is 7.93. The van der Waals surface area contributed by atoms with Crippen LogP contribution in [0.3, 0.4) is 0 Å². The van der Waals surface area contributed by atoms with Crippen molar-refractivity contribution >= 4 is 17.6 Å². The number of rotatable bonds is 5. The van der Waals surface area contributed by atoms with Crippen molar-refractivity contribution in [2.75, 3.05) is 11.9 Å². The molecule has 1 aromatic carbocycles. The van der Waals surface area contributed by atoms with Crippen LogP contribution in [0.1, 0.15) is 47.3 Å². The van der Waals surface area contributed by atoms with E-state index in [0.29, 0.717) is 17.8 Å². The molecule has 6 nitrogen and oxygen atoms in total. The Kier molecular flexibility index (Phi) is 5.63. The number of benzene rings is 1. The smallest absolute Gasteiger partial charge is 0.319 e. The average molecular weight is 329 g/mol. The molecule has 0 fully saturated rings. The van der Waals surface area contributed by atoms with E-state index in [-0.39, 0.29) is 18.0 Å². The van der Waals surface area contributed by atoms with E-state index in [4.69, 9.17) is 4.42 Å². The Labute approximate surface area is 141 Å². The Morgan fingerprint density at radius 1 is 1.21 bits per heavy atom. The van der Waals surface area contributed by atoms with E-state index < -0.39 is 0 Å². The lowest BCUT2D eigenvalue weighted by atomic mass is 10.1. The number of hydrogen-bond donors (Lipinski definition) is 3. The molecule has 2 aromatic rings. The largest absolute Gasteiger partial charge is 0.466 e. The van der Waals surface area contributed by atoms with Crippen LogP contribution in [0.25, 0.3) is 0 Å². The fourth-order valence-corrected chi connectivity index (χ4v) is 2.52. The van der Waals surface area contributed by atoms with E-state index in [1.165, 1.54) is 0 Å². The molecule has 0 saturated carbocycles. The normalized spacial score (nSPS) is 11.7. The zero-order chi connectivity index (χ0) is 17.7. The second-order valence-corrected chi connectivity index (χ2v) is 5.63. The minimum Gasteiger partial charge on any atom is -0.466 e. The molecular weight excluding hydrogens is 306 g/mol. The van der Waals surface area contributed by atoms with Gasteiger partial charge in [-0.3, -0.25) is 4.79 Å². The summed E-state index contributed by atoms with van der Waals surface area (Å²) in [5.41, 5.74) is 2.01. The van der Waals surface area contributed by atoms with Crippen LogP contribution in [0.5, 0.6) is 0 Å². The van der Waals surface area contributed by atoms with Crippen molar-refractivity contribution in [3.05, 3.63) is 53.0 Å². The number of nitrogens with one attached hydrogen (secondary N) is 3. The maximum absolute atomic E-state index is 12.2. The number of carbonyl (C=O) groups excluding carboxylic acids is 2. The van der Waals surface area contributed by atoms with Crippen LogP contribution >= 0.6 is 0 Å². The number of aryl methyl sites for hydroxylation is 2. The van der Waals surface area contributed by atoms with Gasteiger partial charge in [0.15, 0.2) is 0 Å². The van der Waals surface area contributed by atoms with Crippen LogP contribution in [-0.4, -0.2) is 18.5 Å². The van der Waals surface area contributed by atoms with E-state index in [1.54, 1.807) is 24.3 Å². The van der Waals surface area contributed by atoms with E-state index >= 15 is 0 Å². The van der Waals surface area contributed by atoms with E-state index in [9.17, 15) is 9.59 Å². The summed E-state index contributed by atoms with van der Waals surface area (Å²) in [4.78, 5) is 24.0. The average Bonchev–Trinajstić information content (AvgIpc) is 2.86. The molecule has 3 N–H and O–H groups in total. The monoisotopic (exact) mass is 329 g/mol. The van der Waals surface area contributed by atoms with Crippen LogP contribution in [0, 0.1) is 13.8 Å². The maximum Gasteiger partial charge on any atom is 0.319 e. The van der Waals surface area contributed by atoms with Crippen molar-refractivity contribution in [1.29, 1.82) is 0 Å². The minimum absolute atomic E-state index is 0.167. The zero-order valence-corrected chi connectivity index (χ0v) is 14.4. The van der Waals surface area contributed by atoms with Crippen LogP contribution in [0.15, 0.2) is 34.7 Å². The number of anilines is 1. The summed E-state index contributed by atoms with van der Waals surface area (Å²) in [6, 6.07) is 8.20. The fourth-order valence-electron chi connectivity index (χ4n) is 2.52. The third-order valence-electron chi connectivity index (χ3n) is 3.61. The summed E-state index contributed by atoms with van der Waals surface area (Å²) in [5.74, 6) is 1.43. The van der Waals surface area contributed by atoms with Crippen molar-refractivity contribution < 1.29 is 14.0 Å². The number of amides is 3. The number of furan rings is 1. The van der Waals surface area contributed by atoms with Gasteiger partial charge >= 0.3 is 6.03 Å². The van der Waals surface area contributed by atoms with Crippen LogP contribution in [-0.2, 0) is 0 Å². The predicted molar refractivity (Wildman–Crippen MR) is 93.2 cm³/mol. The fraction of sp³-hybridized carbons (Fsp3) is 0.333. The van der Waals surface area contributed by atoms with Crippen molar-refractivity contribution in [3.63, 3.8) is 0 Å². The Hall–Kier alpha value is -2.76. The summed E-state index contributed by atoms with van der Waals surface area (Å²) in [6.45, 7) is 8.04. The third-order valence-corrected chi connectivity index (χ3v) is 3.61. The molecule has 128 valence electrons. The summed E-state index contributed by atoms with van der Waals surface area (Å²) < 4.78 is 5.48. The number of carbonyl (C=O) groups is 2. The van der Waals surface area contributed by atoms with Gasteiger partial charge < -0.3 is 20.4 Å². The van der Waals surface area contributed by atoms with Gasteiger partial charge in [-0.1, -0.05) is 6.07 Å². The molecule has 0 saturated heterocycles. The molecule has 0 aliphatic heterocycles. The van der Waals surface area contributed by atoms with Gasteiger partial charge in [0.05, 0.1) is 6.04 Å². The van der Waals surface area contributed by atoms with Crippen LogP contribution in [0.2, 0.25) is 0 Å². The van der Waals surface area contributed by atoms with Gasteiger partial charge in [-0.25, -0.2) is 4.79 Å². The molecular formula is C18H23N3O3. The molecule has 6 heteroatoms. The molecule has 1 atom stereocenters. The molecule has 1 heterocycles. The Balaban J connectivity index is 2.00. The second kappa shape index (κ2) is 7.68. The molecule has 3 amide bonds. The first-order valence-electron chi connectivity index (χ1n) is 7.93. The molecule has 2 rings (SSSR count). The summed E-state index contributed by atoms with van der Waals surface area (Å²) in [6.07, 6.45) is 0. The molecule has 0 unspecified atom stereocenters. The van der Waals surface area contributed by atoms with Crippen molar-refractivity contribution in [3.8, 4) is 0 Å². The van der Waals surface area contributed by atoms with Crippen LogP contribution < -0.4 is 16.0 Å². The van der Waals surface area contributed by atoms with Gasteiger partial charge in [0, 0.05) is 23.4 Å². The van der Waals surface area contributed by atoms with Gasteiger partial charge in [-0.05, 0) is 52.0 Å². The Morgan fingerprint density at radius 3 is 2.58 bits per heavy atom. The zero-order valence-electron chi connectivity index (χ0n) is 14.4. The van der Waals surface area contributed by atoms with Crippen molar-refractivity contribution in [1.82, 2.24) is 10.6 Å². The Bertz CT molecular complexity index is 737. The predicted octanol–water partition coefficient (Wildman–Crippen LogP) is 3.53. The number of hydrogen-bond acceptors (Lipinski definition) is 3. The molecule has 0 radical (unpaired) electrons. The standard InChI is InChI=1S/C18H23N3O3/c1-5-19-17(22)14-7-6-8-15(10-14)21-18(23)20-12(3)16-9-11(2)24-13(16)4/h6-10,12H,5H2,1-4H3,(H,19,22)(H2,20,21,23)/t12-/m1/s1. The summed E-state index contributed by atoms with van der Waals surface area (Å²) in [5, 5.41) is 8.33. The van der Waals surface area contributed by atoms with Gasteiger partial charge in [0.1, 0.15) is 11.5 Å². The van der Waals surface area contributed by atoms with Gasteiger partial charge in [-0.15, -0.1) is 0 Å². The summed E-state index contributed by atoms with van der Waals surface area (Å²) in [7, 11) is 0. The maximum atomic E-state index is 12.2. The molecule has 0 spiro atoms. The highest BCUT2D eigenvalue weighted by Gasteiger charge is 2.15. The lowest BCUT2D eigenvalue weighted by Crippen LogP contribution is -2.31. The van der Waals surface area contributed by atoms with Crippen molar-refractivity contribution in [2.45, 2.75) is 33.7 Å². The second-order valence-electron chi connectivity index (χ2n) is 5.63. The van der Waals surface area contributed by atoms with Gasteiger partial charge in [0.2, 0.25) is 0 Å². The first kappa shape index (κ1) is 17.6. The van der Waals surface area contributed by atoms with Crippen molar-refractivity contribution in [2.24, 2.45) is 0 Å². The highest BCUT2D eigenvalue weighted by molar-refractivity contribution is 5.96. The highest BCUT2D eigenvalue weighted by atomic mass is 16.3.